The smallest absolute Gasteiger partial charge is 0.126 e. The van der Waals surface area contributed by atoms with Crippen LogP contribution in [0.3, 0.4) is 0 Å². The van der Waals surface area contributed by atoms with Crippen LogP contribution in [0.25, 0.3) is 5.76 Å². The molecular weight excluding hydrogens is 226 g/mol. The molecule has 0 N–H and O–H groups in total. The van der Waals surface area contributed by atoms with Crippen molar-refractivity contribution in [2.24, 2.45) is 16.5 Å². The average molecular weight is 245 g/mol. The molecule has 0 fully saturated rings. The van der Waals surface area contributed by atoms with Gasteiger partial charge in [-0.05, 0) is 28.8 Å². The molecule has 1 aromatic carbocycles. The van der Waals surface area contributed by atoms with Crippen LogP contribution in [0, 0.1) is 16.2 Å². The third-order valence-electron chi connectivity index (χ3n) is 3.34. The summed E-state index contributed by atoms with van der Waals surface area (Å²) in [5.41, 5.74) is 2.75. The second-order valence-corrected chi connectivity index (χ2v) is 5.71. The maximum absolute atomic E-state index is 10.6. The number of benzene rings is 1. The number of hydrogen-bond donors (Lipinski definition) is 0. The zero-order valence-electron chi connectivity index (χ0n) is 11.4. The van der Waals surface area contributed by atoms with Crippen molar-refractivity contribution >= 4 is 11.4 Å². The van der Waals surface area contributed by atoms with Crippen molar-refractivity contribution in [2.45, 2.75) is 27.7 Å². The van der Waals surface area contributed by atoms with Crippen LogP contribution in [0.1, 0.15) is 33.3 Å². The molecule has 0 radical (unpaired) electrons. The van der Waals surface area contributed by atoms with Crippen molar-refractivity contribution in [3.63, 3.8) is 0 Å². The number of nitroso groups, excluding NO2 is 1. The Balaban J connectivity index is 2.53. The molecule has 0 bridgehead atoms. The first-order valence-corrected chi connectivity index (χ1v) is 6.27. The lowest BCUT2D eigenvalue weighted by Gasteiger charge is -2.22. The molecule has 3 nitrogen and oxygen atoms in total. The van der Waals surface area contributed by atoms with Gasteiger partial charge in [-0.2, -0.15) is 0 Å². The molecule has 1 aliphatic rings. The van der Waals surface area contributed by atoms with E-state index in [2.05, 4.69) is 32.9 Å². The highest BCUT2D eigenvalue weighted by atomic mass is 16.5. The van der Waals surface area contributed by atoms with Crippen LogP contribution in [0.4, 0.5) is 5.69 Å². The number of rotatable bonds is 3. The van der Waals surface area contributed by atoms with Crippen LogP contribution in [-0.2, 0) is 4.74 Å². The van der Waals surface area contributed by atoms with Crippen molar-refractivity contribution in [2.75, 3.05) is 6.61 Å². The van der Waals surface area contributed by atoms with Gasteiger partial charge in [0.15, 0.2) is 0 Å². The Bertz CT molecular complexity index is 501. The van der Waals surface area contributed by atoms with E-state index >= 15 is 0 Å². The lowest BCUT2D eigenvalue weighted by atomic mass is 9.79. The molecule has 0 saturated heterocycles. The van der Waals surface area contributed by atoms with Gasteiger partial charge in [-0.15, -0.1) is 4.91 Å². The van der Waals surface area contributed by atoms with Crippen LogP contribution in [0.5, 0.6) is 0 Å². The largest absolute Gasteiger partial charge is 0.492 e. The van der Waals surface area contributed by atoms with E-state index in [0.717, 1.165) is 11.3 Å². The summed E-state index contributed by atoms with van der Waals surface area (Å²) in [5, 5.41) is 2.98. The van der Waals surface area contributed by atoms with Crippen LogP contribution in [-0.4, -0.2) is 6.61 Å². The monoisotopic (exact) mass is 245 g/mol. The molecule has 0 unspecified atom stereocenters. The van der Waals surface area contributed by atoms with Crippen LogP contribution in [0.2, 0.25) is 0 Å². The summed E-state index contributed by atoms with van der Waals surface area (Å²) >= 11 is 0. The van der Waals surface area contributed by atoms with Crippen LogP contribution < -0.4 is 0 Å². The van der Waals surface area contributed by atoms with E-state index in [1.54, 1.807) is 12.1 Å². The number of ether oxygens (including phenoxy) is 1. The summed E-state index contributed by atoms with van der Waals surface area (Å²) < 4.78 is 5.86. The van der Waals surface area contributed by atoms with E-state index in [1.165, 1.54) is 5.57 Å². The normalized spacial score (nSPS) is 18.1. The van der Waals surface area contributed by atoms with Gasteiger partial charge in [0, 0.05) is 11.0 Å². The maximum atomic E-state index is 10.6. The standard InChI is InChI=1S/C15H19NO2/c1-10(2)13-14(18-9-15(13,3)4)11-6-5-7-12(8-11)16-17/h5-8,10H,9H2,1-4H3. The molecule has 2 rings (SSSR count). The first-order chi connectivity index (χ1) is 8.45. The number of hydrogen-bond acceptors (Lipinski definition) is 3. The second-order valence-electron chi connectivity index (χ2n) is 5.71. The molecule has 1 aromatic rings. The summed E-state index contributed by atoms with van der Waals surface area (Å²) in [6.45, 7) is 9.42. The van der Waals surface area contributed by atoms with Gasteiger partial charge in [0.1, 0.15) is 11.4 Å². The van der Waals surface area contributed by atoms with Crippen LogP contribution >= 0.6 is 0 Å². The molecular formula is C15H19NO2. The van der Waals surface area contributed by atoms with Crippen LogP contribution in [0.15, 0.2) is 35.0 Å². The van der Waals surface area contributed by atoms with Gasteiger partial charge >= 0.3 is 0 Å². The van der Waals surface area contributed by atoms with Gasteiger partial charge in [-0.25, -0.2) is 0 Å². The van der Waals surface area contributed by atoms with Gasteiger partial charge in [0.05, 0.1) is 6.61 Å². The van der Waals surface area contributed by atoms with Gasteiger partial charge in [0.25, 0.3) is 0 Å². The Hall–Kier alpha value is -1.64. The Morgan fingerprint density at radius 2 is 2.06 bits per heavy atom. The lowest BCUT2D eigenvalue weighted by Crippen LogP contribution is -2.18. The highest BCUT2D eigenvalue weighted by Gasteiger charge is 2.36. The quantitative estimate of drug-likeness (QED) is 0.735. The highest BCUT2D eigenvalue weighted by molar-refractivity contribution is 5.69. The van der Waals surface area contributed by atoms with Gasteiger partial charge < -0.3 is 4.74 Å². The van der Waals surface area contributed by atoms with Crippen molar-refractivity contribution in [1.82, 2.24) is 0 Å². The van der Waals surface area contributed by atoms with Gasteiger partial charge in [-0.1, -0.05) is 39.8 Å². The predicted molar refractivity (Wildman–Crippen MR) is 73.4 cm³/mol. The van der Waals surface area contributed by atoms with E-state index in [1.807, 2.05) is 12.1 Å². The molecule has 0 aliphatic carbocycles. The summed E-state index contributed by atoms with van der Waals surface area (Å²) in [6, 6.07) is 7.29. The molecule has 0 amide bonds. The second kappa shape index (κ2) is 4.56. The summed E-state index contributed by atoms with van der Waals surface area (Å²) in [4.78, 5) is 10.6. The molecule has 1 heterocycles. The molecule has 0 aromatic heterocycles. The minimum absolute atomic E-state index is 0.0497. The molecule has 18 heavy (non-hydrogen) atoms. The molecule has 0 spiro atoms. The third kappa shape index (κ3) is 2.17. The zero-order chi connectivity index (χ0) is 13.3. The maximum Gasteiger partial charge on any atom is 0.126 e. The van der Waals surface area contributed by atoms with Gasteiger partial charge in [0.2, 0.25) is 0 Å². The molecule has 3 heteroatoms. The Morgan fingerprint density at radius 3 is 2.67 bits per heavy atom. The predicted octanol–water partition coefficient (Wildman–Crippen LogP) is 4.51. The highest BCUT2D eigenvalue weighted by Crippen LogP contribution is 2.44. The Labute approximate surface area is 108 Å². The van der Waals surface area contributed by atoms with E-state index in [0.29, 0.717) is 18.2 Å². The fourth-order valence-electron chi connectivity index (χ4n) is 2.70. The summed E-state index contributed by atoms with van der Waals surface area (Å²) in [7, 11) is 0. The first-order valence-electron chi connectivity index (χ1n) is 6.27. The number of nitrogens with zero attached hydrogens (tertiary/aromatic N) is 1. The first kappa shape index (κ1) is 12.8. The topological polar surface area (TPSA) is 38.7 Å². The Kier molecular flexibility index (Phi) is 3.24. The summed E-state index contributed by atoms with van der Waals surface area (Å²) in [6.07, 6.45) is 0. The van der Waals surface area contributed by atoms with E-state index in [-0.39, 0.29) is 5.41 Å². The van der Waals surface area contributed by atoms with Crippen molar-refractivity contribution < 1.29 is 4.74 Å². The van der Waals surface area contributed by atoms with E-state index in [9.17, 15) is 4.91 Å². The van der Waals surface area contributed by atoms with Gasteiger partial charge in [-0.3, -0.25) is 0 Å². The molecule has 96 valence electrons. The molecule has 0 atom stereocenters. The van der Waals surface area contributed by atoms with Crippen molar-refractivity contribution in [1.29, 1.82) is 0 Å². The molecule has 0 saturated carbocycles. The fourth-order valence-corrected chi connectivity index (χ4v) is 2.70. The van der Waals surface area contributed by atoms with Crippen molar-refractivity contribution in [3.05, 3.63) is 40.3 Å². The Morgan fingerprint density at radius 1 is 1.33 bits per heavy atom. The SMILES string of the molecule is CC(C)C1=C(c2cccc(N=O)c2)OCC1(C)C. The summed E-state index contributed by atoms with van der Waals surface area (Å²) in [5.74, 6) is 1.34. The third-order valence-corrected chi connectivity index (χ3v) is 3.34. The average Bonchev–Trinajstić information content (AvgIpc) is 2.65. The fraction of sp³-hybridized carbons (Fsp3) is 0.467. The van der Waals surface area contributed by atoms with E-state index < -0.39 is 0 Å². The minimum Gasteiger partial charge on any atom is -0.492 e. The van der Waals surface area contributed by atoms with Crippen molar-refractivity contribution in [3.8, 4) is 0 Å². The minimum atomic E-state index is 0.0497. The van der Waals surface area contributed by atoms with E-state index in [4.69, 9.17) is 4.74 Å². The molecule has 1 aliphatic heterocycles. The lowest BCUT2D eigenvalue weighted by molar-refractivity contribution is 0.220. The zero-order valence-corrected chi connectivity index (χ0v) is 11.4.